The topological polar surface area (TPSA) is 84.2 Å². The van der Waals surface area contributed by atoms with Gasteiger partial charge in [0.25, 0.3) is 0 Å². The normalized spacial score (nSPS) is 11.6. The van der Waals surface area contributed by atoms with Crippen LogP contribution in [0, 0.1) is 5.92 Å². The highest BCUT2D eigenvalue weighted by Gasteiger charge is 2.17. The molecule has 5 nitrogen and oxygen atoms in total. The number of nitrogens with two attached hydrogens (primary N) is 1. The molecule has 0 saturated heterocycles. The second-order valence-corrected chi connectivity index (χ2v) is 6.17. The summed E-state index contributed by atoms with van der Waals surface area (Å²) in [4.78, 5) is 23.3. The van der Waals surface area contributed by atoms with Gasteiger partial charge in [-0.3, -0.25) is 9.59 Å². The van der Waals surface area contributed by atoms with Crippen molar-refractivity contribution in [3.63, 3.8) is 0 Å². The number of halogens is 3. The van der Waals surface area contributed by atoms with E-state index in [0.29, 0.717) is 23.0 Å². The third-order valence-electron chi connectivity index (χ3n) is 3.18. The van der Waals surface area contributed by atoms with Crippen LogP contribution in [-0.2, 0) is 16.0 Å². The minimum Gasteiger partial charge on any atom is -0.354 e. The molecule has 1 aromatic carbocycles. The van der Waals surface area contributed by atoms with Gasteiger partial charge in [-0.15, -0.1) is 12.4 Å². The zero-order valence-electron chi connectivity index (χ0n) is 13.1. The van der Waals surface area contributed by atoms with Crippen LogP contribution in [0.25, 0.3) is 0 Å². The van der Waals surface area contributed by atoms with E-state index in [1.807, 2.05) is 19.9 Å². The summed E-state index contributed by atoms with van der Waals surface area (Å²) in [6.45, 7) is 4.03. The molecule has 1 rings (SSSR count). The van der Waals surface area contributed by atoms with Crippen molar-refractivity contribution in [3.8, 4) is 0 Å². The Morgan fingerprint density at radius 2 is 1.87 bits per heavy atom. The minimum atomic E-state index is -0.610. The number of nitrogens with one attached hydrogen (secondary N) is 2. The highest BCUT2D eigenvalue weighted by Crippen LogP contribution is 2.20. The first kappa shape index (κ1) is 22.0. The Labute approximate surface area is 152 Å². The lowest BCUT2D eigenvalue weighted by Gasteiger charge is -2.15. The molecule has 2 amide bonds. The first-order valence-corrected chi connectivity index (χ1v) is 7.80. The van der Waals surface area contributed by atoms with Crippen LogP contribution >= 0.6 is 35.6 Å². The van der Waals surface area contributed by atoms with E-state index >= 15 is 0 Å². The van der Waals surface area contributed by atoms with Crippen molar-refractivity contribution in [1.82, 2.24) is 10.6 Å². The molecular formula is C15H22Cl3N3O2. The first-order valence-electron chi connectivity index (χ1n) is 7.05. The average molecular weight is 383 g/mol. The van der Waals surface area contributed by atoms with Gasteiger partial charge in [-0.25, -0.2) is 0 Å². The van der Waals surface area contributed by atoms with Crippen LogP contribution in [0.4, 0.5) is 0 Å². The number of carbonyl (C=O) groups is 2. The largest absolute Gasteiger partial charge is 0.354 e. The molecule has 0 aliphatic carbocycles. The number of amides is 2. The molecule has 0 heterocycles. The fourth-order valence-corrected chi connectivity index (χ4v) is 2.21. The van der Waals surface area contributed by atoms with Crippen LogP contribution in [-0.4, -0.2) is 30.9 Å². The van der Waals surface area contributed by atoms with E-state index in [1.54, 1.807) is 12.1 Å². The zero-order valence-corrected chi connectivity index (χ0v) is 15.4. The van der Waals surface area contributed by atoms with Gasteiger partial charge in [0, 0.05) is 16.6 Å². The van der Waals surface area contributed by atoms with Crippen LogP contribution in [0.2, 0.25) is 10.0 Å². The molecule has 0 aromatic heterocycles. The van der Waals surface area contributed by atoms with Crippen molar-refractivity contribution < 1.29 is 9.59 Å². The van der Waals surface area contributed by atoms with E-state index < -0.39 is 6.04 Å². The summed E-state index contributed by atoms with van der Waals surface area (Å²) in [5, 5.41) is 6.36. The standard InChI is InChI=1S/C15H21Cl2N3O2.ClH/c1-9(2)14(18)15(22)20-8-13(21)19-6-5-10-3-4-11(16)7-12(10)17;/h3-4,7,9,14H,5-6,8,18H2,1-2H3,(H,19,21)(H,20,22);1H/t14-;/m0./s1. The van der Waals surface area contributed by atoms with Crippen molar-refractivity contribution in [2.24, 2.45) is 11.7 Å². The molecule has 1 aromatic rings. The number of hydrogen-bond acceptors (Lipinski definition) is 3. The van der Waals surface area contributed by atoms with E-state index in [1.165, 1.54) is 0 Å². The monoisotopic (exact) mass is 381 g/mol. The van der Waals surface area contributed by atoms with Crippen molar-refractivity contribution in [2.45, 2.75) is 26.3 Å². The molecule has 23 heavy (non-hydrogen) atoms. The summed E-state index contributed by atoms with van der Waals surface area (Å²) in [6, 6.07) is 4.62. The van der Waals surface area contributed by atoms with Crippen LogP contribution in [0.1, 0.15) is 19.4 Å². The van der Waals surface area contributed by atoms with Gasteiger partial charge in [0.2, 0.25) is 11.8 Å². The van der Waals surface area contributed by atoms with Crippen LogP contribution in [0.5, 0.6) is 0 Å². The smallest absolute Gasteiger partial charge is 0.239 e. The van der Waals surface area contributed by atoms with Gasteiger partial charge in [-0.05, 0) is 30.0 Å². The van der Waals surface area contributed by atoms with Gasteiger partial charge in [-0.1, -0.05) is 43.1 Å². The highest BCUT2D eigenvalue weighted by molar-refractivity contribution is 6.35. The molecule has 0 fully saturated rings. The fourth-order valence-electron chi connectivity index (χ4n) is 1.71. The van der Waals surface area contributed by atoms with Gasteiger partial charge in [0.05, 0.1) is 12.6 Å². The first-order chi connectivity index (χ1) is 10.3. The van der Waals surface area contributed by atoms with E-state index in [-0.39, 0.29) is 36.7 Å². The minimum absolute atomic E-state index is 0. The number of rotatable bonds is 7. The second-order valence-electron chi connectivity index (χ2n) is 5.32. The lowest BCUT2D eigenvalue weighted by atomic mass is 10.1. The van der Waals surface area contributed by atoms with Gasteiger partial charge < -0.3 is 16.4 Å². The van der Waals surface area contributed by atoms with Gasteiger partial charge in [0.1, 0.15) is 0 Å². The summed E-state index contributed by atoms with van der Waals surface area (Å²) >= 11 is 11.9. The Morgan fingerprint density at radius 3 is 2.43 bits per heavy atom. The predicted octanol–water partition coefficient (Wildman–Crippen LogP) is 2.17. The van der Waals surface area contributed by atoms with E-state index in [9.17, 15) is 9.59 Å². The quantitative estimate of drug-likeness (QED) is 0.676. The summed E-state index contributed by atoms with van der Waals surface area (Å²) in [5.74, 6) is -0.574. The third kappa shape index (κ3) is 7.88. The van der Waals surface area contributed by atoms with Crippen LogP contribution < -0.4 is 16.4 Å². The molecule has 0 bridgehead atoms. The Bertz CT molecular complexity index is 539. The van der Waals surface area contributed by atoms with Crippen LogP contribution in [0.15, 0.2) is 18.2 Å². The lowest BCUT2D eigenvalue weighted by Crippen LogP contribution is -2.47. The summed E-state index contributed by atoms with van der Waals surface area (Å²) in [5.41, 5.74) is 6.58. The van der Waals surface area contributed by atoms with E-state index in [4.69, 9.17) is 28.9 Å². The Morgan fingerprint density at radius 1 is 1.22 bits per heavy atom. The highest BCUT2D eigenvalue weighted by atomic mass is 35.5. The van der Waals surface area contributed by atoms with Crippen LogP contribution in [0.3, 0.4) is 0 Å². The fraction of sp³-hybridized carbons (Fsp3) is 0.467. The van der Waals surface area contributed by atoms with Gasteiger partial charge in [0.15, 0.2) is 0 Å². The zero-order chi connectivity index (χ0) is 16.7. The maximum Gasteiger partial charge on any atom is 0.239 e. The number of benzene rings is 1. The predicted molar refractivity (Wildman–Crippen MR) is 96.2 cm³/mol. The molecule has 130 valence electrons. The van der Waals surface area contributed by atoms with Crippen molar-refractivity contribution in [1.29, 1.82) is 0 Å². The number of hydrogen-bond donors (Lipinski definition) is 3. The summed E-state index contributed by atoms with van der Waals surface area (Å²) in [6.07, 6.45) is 0.585. The summed E-state index contributed by atoms with van der Waals surface area (Å²) < 4.78 is 0. The van der Waals surface area contributed by atoms with Crippen molar-refractivity contribution in [3.05, 3.63) is 33.8 Å². The third-order valence-corrected chi connectivity index (χ3v) is 3.76. The second kappa shape index (κ2) is 10.7. The van der Waals surface area contributed by atoms with Gasteiger partial charge >= 0.3 is 0 Å². The molecule has 0 aliphatic rings. The maximum atomic E-state index is 11.6. The number of carbonyl (C=O) groups excluding carboxylic acids is 2. The molecular weight excluding hydrogens is 361 g/mol. The molecule has 0 unspecified atom stereocenters. The molecule has 8 heteroatoms. The molecule has 0 saturated carbocycles. The maximum absolute atomic E-state index is 11.6. The average Bonchev–Trinajstić information content (AvgIpc) is 2.46. The molecule has 1 atom stereocenters. The van der Waals surface area contributed by atoms with Crippen molar-refractivity contribution in [2.75, 3.05) is 13.1 Å². The SMILES string of the molecule is CC(C)[C@H](N)C(=O)NCC(=O)NCCc1ccc(Cl)cc1Cl.Cl. The Hall–Kier alpha value is -1.01. The molecule has 0 aliphatic heterocycles. The van der Waals surface area contributed by atoms with E-state index in [0.717, 1.165) is 5.56 Å². The molecule has 0 spiro atoms. The summed E-state index contributed by atoms with van der Waals surface area (Å²) in [7, 11) is 0. The molecule has 4 N–H and O–H groups in total. The van der Waals surface area contributed by atoms with Crippen molar-refractivity contribution >= 4 is 47.4 Å². The lowest BCUT2D eigenvalue weighted by molar-refractivity contribution is -0.127. The molecule has 0 radical (unpaired) electrons. The van der Waals surface area contributed by atoms with E-state index in [2.05, 4.69) is 10.6 Å². The van der Waals surface area contributed by atoms with Gasteiger partial charge in [-0.2, -0.15) is 0 Å². The Kier molecular flexibility index (Phi) is 10.2. The Balaban J connectivity index is 0.00000484.